The van der Waals surface area contributed by atoms with Crippen molar-refractivity contribution >= 4 is 0 Å². The molecule has 3 nitrogen and oxygen atoms in total. The van der Waals surface area contributed by atoms with E-state index in [1.807, 2.05) is 0 Å². The van der Waals surface area contributed by atoms with E-state index in [1.165, 1.54) is 30.4 Å². The summed E-state index contributed by atoms with van der Waals surface area (Å²) in [4.78, 5) is 0. The first kappa shape index (κ1) is 15.0. The van der Waals surface area contributed by atoms with Gasteiger partial charge in [-0.25, -0.2) is 0 Å². The van der Waals surface area contributed by atoms with Crippen LogP contribution in [0.1, 0.15) is 50.3 Å². The number of hydrazine groups is 1. The molecule has 1 fully saturated rings. The average Bonchev–Trinajstić information content (AvgIpc) is 2.52. The van der Waals surface area contributed by atoms with Crippen molar-refractivity contribution in [2.24, 2.45) is 23.6 Å². The second kappa shape index (κ2) is 6.47. The van der Waals surface area contributed by atoms with Crippen molar-refractivity contribution in [3.63, 3.8) is 0 Å². The first-order chi connectivity index (χ1) is 10.2. The molecule has 3 rings (SSSR count). The number of benzene rings is 1. The van der Waals surface area contributed by atoms with Crippen LogP contribution in [-0.2, 0) is 11.2 Å². The van der Waals surface area contributed by atoms with Gasteiger partial charge in [-0.05, 0) is 48.1 Å². The van der Waals surface area contributed by atoms with Crippen LogP contribution < -0.4 is 11.3 Å². The molecule has 5 unspecified atom stereocenters. The van der Waals surface area contributed by atoms with Gasteiger partial charge in [0.1, 0.15) is 0 Å². The maximum absolute atomic E-state index is 6.13. The SMILES string of the molecule is CC1CCC(C(NN)C2OCCc3ccccc32)CC1C. The van der Waals surface area contributed by atoms with E-state index >= 15 is 0 Å². The second-order valence-electron chi connectivity index (χ2n) is 6.96. The van der Waals surface area contributed by atoms with Crippen molar-refractivity contribution in [1.82, 2.24) is 5.43 Å². The summed E-state index contributed by atoms with van der Waals surface area (Å²) in [5, 5.41) is 0. The molecule has 0 radical (unpaired) electrons. The van der Waals surface area contributed by atoms with E-state index in [9.17, 15) is 0 Å². The van der Waals surface area contributed by atoms with Crippen LogP contribution in [0, 0.1) is 17.8 Å². The van der Waals surface area contributed by atoms with E-state index in [0.717, 1.165) is 24.9 Å². The highest BCUT2D eigenvalue weighted by atomic mass is 16.5. The number of hydrogen-bond donors (Lipinski definition) is 2. The Bertz CT molecular complexity index is 476. The normalized spacial score (nSPS) is 34.2. The molecule has 5 atom stereocenters. The zero-order valence-corrected chi connectivity index (χ0v) is 13.2. The standard InChI is InChI=1S/C18H28N2O/c1-12-7-8-15(11-13(12)2)17(20-19)18-16-6-4-3-5-14(16)9-10-21-18/h3-6,12-13,15,17-18,20H,7-11,19H2,1-2H3. The van der Waals surface area contributed by atoms with Gasteiger partial charge in [-0.2, -0.15) is 0 Å². The number of ether oxygens (including phenoxy) is 1. The van der Waals surface area contributed by atoms with Crippen molar-refractivity contribution in [3.05, 3.63) is 35.4 Å². The fraction of sp³-hybridized carbons (Fsp3) is 0.667. The van der Waals surface area contributed by atoms with Crippen molar-refractivity contribution in [1.29, 1.82) is 0 Å². The van der Waals surface area contributed by atoms with Gasteiger partial charge in [0.2, 0.25) is 0 Å². The zero-order chi connectivity index (χ0) is 14.8. The lowest BCUT2D eigenvalue weighted by Crippen LogP contribution is -2.48. The van der Waals surface area contributed by atoms with Crippen LogP contribution in [0.25, 0.3) is 0 Å². The Hall–Kier alpha value is -0.900. The molecule has 1 heterocycles. The third kappa shape index (κ3) is 3.01. The number of hydrogen-bond acceptors (Lipinski definition) is 3. The molecule has 116 valence electrons. The van der Waals surface area contributed by atoms with Crippen molar-refractivity contribution < 1.29 is 4.74 Å². The average molecular weight is 288 g/mol. The third-order valence-electron chi connectivity index (χ3n) is 5.70. The Kier molecular flexibility index (Phi) is 4.63. The van der Waals surface area contributed by atoms with E-state index in [-0.39, 0.29) is 12.1 Å². The molecule has 0 aromatic heterocycles. The molecule has 1 aliphatic carbocycles. The Labute approximate surface area is 128 Å². The van der Waals surface area contributed by atoms with Gasteiger partial charge in [0.05, 0.1) is 18.8 Å². The van der Waals surface area contributed by atoms with Gasteiger partial charge in [0.15, 0.2) is 0 Å². The van der Waals surface area contributed by atoms with Gasteiger partial charge in [-0.3, -0.25) is 11.3 Å². The summed E-state index contributed by atoms with van der Waals surface area (Å²) in [5.41, 5.74) is 5.85. The summed E-state index contributed by atoms with van der Waals surface area (Å²) < 4.78 is 6.13. The lowest BCUT2D eigenvalue weighted by Gasteiger charge is -2.41. The largest absolute Gasteiger partial charge is 0.371 e. The first-order valence-corrected chi connectivity index (χ1v) is 8.36. The maximum Gasteiger partial charge on any atom is 0.0996 e. The molecule has 0 bridgehead atoms. The fourth-order valence-corrected chi connectivity index (χ4v) is 4.11. The summed E-state index contributed by atoms with van der Waals surface area (Å²) >= 11 is 0. The van der Waals surface area contributed by atoms with Crippen molar-refractivity contribution in [2.45, 2.75) is 51.7 Å². The van der Waals surface area contributed by atoms with Gasteiger partial charge >= 0.3 is 0 Å². The lowest BCUT2D eigenvalue weighted by atomic mass is 9.71. The van der Waals surface area contributed by atoms with E-state index in [0.29, 0.717) is 5.92 Å². The van der Waals surface area contributed by atoms with Gasteiger partial charge < -0.3 is 4.74 Å². The maximum atomic E-state index is 6.13. The highest BCUT2D eigenvalue weighted by Gasteiger charge is 2.37. The van der Waals surface area contributed by atoms with Crippen LogP contribution in [0.2, 0.25) is 0 Å². The minimum absolute atomic E-state index is 0.102. The molecule has 0 amide bonds. The fourth-order valence-electron chi connectivity index (χ4n) is 4.11. The molecule has 2 aliphatic rings. The molecule has 1 aromatic rings. The first-order valence-electron chi connectivity index (χ1n) is 8.36. The van der Waals surface area contributed by atoms with Crippen molar-refractivity contribution in [3.8, 4) is 0 Å². The van der Waals surface area contributed by atoms with Crippen molar-refractivity contribution in [2.75, 3.05) is 6.61 Å². The molecular weight excluding hydrogens is 260 g/mol. The number of nitrogens with one attached hydrogen (secondary N) is 1. The van der Waals surface area contributed by atoms with E-state index in [2.05, 4.69) is 43.5 Å². The monoisotopic (exact) mass is 288 g/mol. The molecule has 1 aromatic carbocycles. The molecule has 21 heavy (non-hydrogen) atoms. The smallest absolute Gasteiger partial charge is 0.0996 e. The van der Waals surface area contributed by atoms with Crippen LogP contribution in [0.3, 0.4) is 0 Å². The third-order valence-corrected chi connectivity index (χ3v) is 5.70. The van der Waals surface area contributed by atoms with Crippen LogP contribution in [0.5, 0.6) is 0 Å². The van der Waals surface area contributed by atoms with E-state index in [1.54, 1.807) is 0 Å². The lowest BCUT2D eigenvalue weighted by molar-refractivity contribution is -0.0117. The Morgan fingerprint density at radius 1 is 1.19 bits per heavy atom. The molecule has 3 heteroatoms. The number of nitrogens with two attached hydrogens (primary N) is 1. The molecule has 3 N–H and O–H groups in total. The topological polar surface area (TPSA) is 47.3 Å². The van der Waals surface area contributed by atoms with Crippen LogP contribution in [-0.4, -0.2) is 12.6 Å². The van der Waals surface area contributed by atoms with E-state index < -0.39 is 0 Å². The van der Waals surface area contributed by atoms with Gasteiger partial charge in [0, 0.05) is 0 Å². The molecule has 1 aliphatic heterocycles. The van der Waals surface area contributed by atoms with Gasteiger partial charge in [-0.15, -0.1) is 0 Å². The predicted molar refractivity (Wildman–Crippen MR) is 85.6 cm³/mol. The quantitative estimate of drug-likeness (QED) is 0.663. The summed E-state index contributed by atoms with van der Waals surface area (Å²) in [6, 6.07) is 8.89. The molecule has 0 saturated heterocycles. The Morgan fingerprint density at radius 2 is 2.00 bits per heavy atom. The summed E-state index contributed by atoms with van der Waals surface area (Å²) in [5.74, 6) is 8.16. The zero-order valence-electron chi connectivity index (χ0n) is 13.2. The Morgan fingerprint density at radius 3 is 2.76 bits per heavy atom. The predicted octanol–water partition coefficient (Wildman–Crippen LogP) is 3.20. The summed E-state index contributed by atoms with van der Waals surface area (Å²) in [6.45, 7) is 5.55. The van der Waals surface area contributed by atoms with Crippen LogP contribution >= 0.6 is 0 Å². The van der Waals surface area contributed by atoms with E-state index in [4.69, 9.17) is 10.6 Å². The molecular formula is C18H28N2O. The number of fused-ring (bicyclic) bond motifs is 1. The number of rotatable bonds is 3. The minimum Gasteiger partial charge on any atom is -0.371 e. The molecule has 1 saturated carbocycles. The second-order valence-corrected chi connectivity index (χ2v) is 6.96. The van der Waals surface area contributed by atoms with Crippen LogP contribution in [0.4, 0.5) is 0 Å². The summed E-state index contributed by atoms with van der Waals surface area (Å²) in [7, 11) is 0. The highest BCUT2D eigenvalue weighted by molar-refractivity contribution is 5.32. The highest BCUT2D eigenvalue weighted by Crippen LogP contribution is 2.40. The van der Waals surface area contributed by atoms with Crippen LogP contribution in [0.15, 0.2) is 24.3 Å². The minimum atomic E-state index is 0.102. The Balaban J connectivity index is 1.81. The van der Waals surface area contributed by atoms with Gasteiger partial charge in [0.25, 0.3) is 0 Å². The van der Waals surface area contributed by atoms with Gasteiger partial charge in [-0.1, -0.05) is 44.5 Å². The molecule has 0 spiro atoms. The summed E-state index contributed by atoms with van der Waals surface area (Å²) in [6.07, 6.45) is 4.92.